The van der Waals surface area contributed by atoms with Crippen molar-refractivity contribution in [1.29, 1.82) is 0 Å². The van der Waals surface area contributed by atoms with Gasteiger partial charge < -0.3 is 19.0 Å². The zero-order valence-corrected chi connectivity index (χ0v) is 21.6. The number of imidazole rings is 1. The summed E-state index contributed by atoms with van der Waals surface area (Å²) in [6.07, 6.45) is 6.30. The summed E-state index contributed by atoms with van der Waals surface area (Å²) in [7, 11) is -2.24. The van der Waals surface area contributed by atoms with Crippen LogP contribution in [0.1, 0.15) is 54.1 Å². The van der Waals surface area contributed by atoms with E-state index in [-0.39, 0.29) is 5.56 Å². The quantitative estimate of drug-likeness (QED) is 0.261. The van der Waals surface area contributed by atoms with E-state index < -0.39 is 13.1 Å². The summed E-state index contributed by atoms with van der Waals surface area (Å²) in [5, 5.41) is 9.46. The average Bonchev–Trinajstić information content (AvgIpc) is 3.24. The molecule has 186 valence electrons. The molecule has 1 aromatic heterocycles. The molecule has 3 aromatic carbocycles. The van der Waals surface area contributed by atoms with Gasteiger partial charge in [0.15, 0.2) is 0 Å². The van der Waals surface area contributed by atoms with E-state index in [9.17, 15) is 14.5 Å². The van der Waals surface area contributed by atoms with Gasteiger partial charge in [-0.25, -0.2) is 9.78 Å². The number of ether oxygens (including phenoxy) is 1. The first-order valence-electron chi connectivity index (χ1n) is 12.4. The third-order valence-electron chi connectivity index (χ3n) is 6.74. The fourth-order valence-electron chi connectivity index (χ4n) is 5.09. The van der Waals surface area contributed by atoms with E-state index in [2.05, 4.69) is 4.57 Å². The van der Waals surface area contributed by atoms with Gasteiger partial charge in [-0.15, -0.1) is 0 Å². The number of carboxylic acid groups (broad SMARTS) is 1. The van der Waals surface area contributed by atoms with Crippen LogP contribution in [0, 0.1) is 0 Å². The molecule has 5 rings (SSSR count). The lowest BCUT2D eigenvalue weighted by molar-refractivity contribution is 0.0697. The molecule has 0 amide bonds. The minimum absolute atomic E-state index is 0.244. The van der Waals surface area contributed by atoms with Gasteiger partial charge in [0.05, 0.1) is 23.7 Å². The average molecular weight is 503 g/mol. The molecule has 1 saturated carbocycles. The van der Waals surface area contributed by atoms with Crippen molar-refractivity contribution in [1.82, 2.24) is 9.55 Å². The Bertz CT molecular complexity index is 1450. The summed E-state index contributed by atoms with van der Waals surface area (Å²) in [6, 6.07) is 21.1. The predicted molar refractivity (Wildman–Crippen MR) is 144 cm³/mol. The number of carboxylic acids is 1. The van der Waals surface area contributed by atoms with E-state index in [0.29, 0.717) is 29.2 Å². The molecular weight excluding hydrogens is 471 g/mol. The Morgan fingerprint density at radius 3 is 2.44 bits per heavy atom. The highest BCUT2D eigenvalue weighted by Gasteiger charge is 2.23. The van der Waals surface area contributed by atoms with Crippen molar-refractivity contribution in [3.05, 3.63) is 77.9 Å². The fraction of sp³-hybridized carbons (Fsp3) is 0.310. The van der Waals surface area contributed by atoms with Gasteiger partial charge in [0, 0.05) is 23.3 Å². The molecule has 0 saturated heterocycles. The van der Waals surface area contributed by atoms with Crippen LogP contribution in [0.4, 0.5) is 0 Å². The molecule has 0 radical (unpaired) electrons. The Labute approximate surface area is 211 Å². The van der Waals surface area contributed by atoms with Crippen LogP contribution in [0.5, 0.6) is 11.5 Å². The van der Waals surface area contributed by atoms with Crippen LogP contribution in [0.15, 0.2) is 66.7 Å². The summed E-state index contributed by atoms with van der Waals surface area (Å²) in [5.41, 5.74) is 3.81. The topological polar surface area (TPSA) is 81.4 Å². The van der Waals surface area contributed by atoms with Crippen LogP contribution >= 0.6 is 7.14 Å². The normalized spacial score (nSPS) is 14.7. The minimum atomic E-state index is -2.24. The molecular formula is C29H31N2O4P. The summed E-state index contributed by atoms with van der Waals surface area (Å²) in [4.78, 5) is 16.4. The molecule has 0 unspecified atom stereocenters. The van der Waals surface area contributed by atoms with Gasteiger partial charge in [-0.05, 0) is 74.7 Å². The zero-order chi connectivity index (χ0) is 25.3. The maximum Gasteiger partial charge on any atom is 0.335 e. The summed E-state index contributed by atoms with van der Waals surface area (Å²) in [5.74, 6) is 1.31. The van der Waals surface area contributed by atoms with Crippen molar-refractivity contribution >= 4 is 24.1 Å². The lowest BCUT2D eigenvalue weighted by Crippen LogP contribution is -2.14. The monoisotopic (exact) mass is 502 g/mol. The van der Waals surface area contributed by atoms with Crippen molar-refractivity contribution in [3.63, 3.8) is 0 Å². The molecule has 0 spiro atoms. The Kier molecular flexibility index (Phi) is 6.72. The lowest BCUT2D eigenvalue weighted by atomic mass is 9.95. The highest BCUT2D eigenvalue weighted by Crippen LogP contribution is 2.43. The number of carbonyl (C=O) groups is 1. The standard InChI is InChI=1S/C29H31N2O4P/c1-36(2,34)19-22-8-6-7-11-27(22)35-24-15-12-20(13-16-24)28-30-25-18-21(29(32)33)14-17-26(25)31(28)23-9-4-3-5-10-23/h6-8,11-18,23H,3-5,9-10,19H2,1-2H3,(H,32,33). The van der Waals surface area contributed by atoms with Crippen LogP contribution in [0.2, 0.25) is 0 Å². The number of aromatic nitrogens is 2. The molecule has 36 heavy (non-hydrogen) atoms. The third-order valence-corrected chi connectivity index (χ3v) is 7.84. The number of hydrogen-bond acceptors (Lipinski definition) is 4. The van der Waals surface area contributed by atoms with E-state index >= 15 is 0 Å². The number of fused-ring (bicyclic) bond motifs is 1. The Hall–Kier alpha value is -3.37. The van der Waals surface area contributed by atoms with Crippen molar-refractivity contribution in [2.45, 2.75) is 44.3 Å². The van der Waals surface area contributed by atoms with E-state index in [1.54, 1.807) is 25.5 Å². The molecule has 0 atom stereocenters. The molecule has 1 aliphatic carbocycles. The first-order valence-corrected chi connectivity index (χ1v) is 15.2. The largest absolute Gasteiger partial charge is 0.478 e. The molecule has 7 heteroatoms. The van der Waals surface area contributed by atoms with Gasteiger partial charge in [-0.3, -0.25) is 0 Å². The summed E-state index contributed by atoms with van der Waals surface area (Å²) >= 11 is 0. The van der Waals surface area contributed by atoms with E-state index in [1.165, 1.54) is 19.3 Å². The summed E-state index contributed by atoms with van der Waals surface area (Å²) in [6.45, 7) is 3.58. The van der Waals surface area contributed by atoms with Gasteiger partial charge in [0.2, 0.25) is 0 Å². The number of benzene rings is 3. The van der Waals surface area contributed by atoms with Crippen molar-refractivity contribution in [2.24, 2.45) is 0 Å². The molecule has 1 fully saturated rings. The van der Waals surface area contributed by atoms with Gasteiger partial charge >= 0.3 is 5.97 Å². The maximum absolute atomic E-state index is 12.4. The molecule has 0 bridgehead atoms. The molecule has 1 N–H and O–H groups in total. The lowest BCUT2D eigenvalue weighted by Gasteiger charge is -2.25. The Balaban J connectivity index is 1.49. The number of rotatable bonds is 7. The second-order valence-electron chi connectivity index (χ2n) is 10.1. The Morgan fingerprint density at radius 2 is 1.75 bits per heavy atom. The number of hydrogen-bond donors (Lipinski definition) is 1. The van der Waals surface area contributed by atoms with Crippen molar-refractivity contribution < 1.29 is 19.2 Å². The van der Waals surface area contributed by atoms with Gasteiger partial charge in [-0.2, -0.15) is 0 Å². The molecule has 4 aromatic rings. The van der Waals surface area contributed by atoms with Gasteiger partial charge in [0.25, 0.3) is 0 Å². The van der Waals surface area contributed by atoms with E-state index in [0.717, 1.165) is 35.3 Å². The third kappa shape index (κ3) is 5.24. The number of nitrogens with zero attached hydrogens (tertiary/aromatic N) is 2. The second-order valence-corrected chi connectivity index (χ2v) is 13.5. The van der Waals surface area contributed by atoms with Gasteiger partial charge in [0.1, 0.15) is 17.3 Å². The zero-order valence-electron chi connectivity index (χ0n) is 20.7. The molecule has 1 heterocycles. The molecule has 0 aliphatic heterocycles. The maximum atomic E-state index is 12.4. The number of para-hydroxylation sites is 1. The van der Waals surface area contributed by atoms with Crippen LogP contribution in [0.25, 0.3) is 22.4 Å². The van der Waals surface area contributed by atoms with Crippen molar-refractivity contribution in [2.75, 3.05) is 13.3 Å². The first-order chi connectivity index (χ1) is 17.3. The van der Waals surface area contributed by atoms with E-state index in [4.69, 9.17) is 9.72 Å². The van der Waals surface area contributed by atoms with Crippen LogP contribution in [-0.4, -0.2) is 34.0 Å². The SMILES string of the molecule is CP(C)(=O)Cc1ccccc1Oc1ccc(-c2nc3cc(C(=O)O)ccc3n2C2CCCCC2)cc1. The van der Waals surface area contributed by atoms with Crippen LogP contribution in [-0.2, 0) is 10.7 Å². The van der Waals surface area contributed by atoms with Gasteiger partial charge in [-0.1, -0.05) is 37.5 Å². The Morgan fingerprint density at radius 1 is 1.03 bits per heavy atom. The fourth-order valence-corrected chi connectivity index (χ4v) is 6.17. The smallest absolute Gasteiger partial charge is 0.335 e. The minimum Gasteiger partial charge on any atom is -0.478 e. The van der Waals surface area contributed by atoms with Crippen LogP contribution in [0.3, 0.4) is 0 Å². The summed E-state index contributed by atoms with van der Waals surface area (Å²) < 4.78 is 20.9. The predicted octanol–water partition coefficient (Wildman–Crippen LogP) is 7.82. The first kappa shape index (κ1) is 24.3. The highest BCUT2D eigenvalue weighted by molar-refractivity contribution is 7.61. The van der Waals surface area contributed by atoms with E-state index in [1.807, 2.05) is 54.6 Å². The molecule has 1 aliphatic rings. The number of aromatic carboxylic acids is 1. The molecule has 6 nitrogen and oxygen atoms in total. The highest BCUT2D eigenvalue weighted by atomic mass is 31.2. The van der Waals surface area contributed by atoms with Crippen molar-refractivity contribution in [3.8, 4) is 22.9 Å². The second kappa shape index (κ2) is 9.94. The van der Waals surface area contributed by atoms with Crippen LogP contribution < -0.4 is 4.74 Å².